The Morgan fingerprint density at radius 2 is 1.89 bits per heavy atom. The van der Waals surface area contributed by atoms with Crippen molar-refractivity contribution in [2.75, 3.05) is 6.61 Å². The highest BCUT2D eigenvalue weighted by Gasteiger charge is 2.36. The van der Waals surface area contributed by atoms with Crippen LogP contribution in [-0.2, 0) is 14.9 Å². The quantitative estimate of drug-likeness (QED) is 0.690. The van der Waals surface area contributed by atoms with Gasteiger partial charge in [-0.15, -0.1) is 0 Å². The first kappa shape index (κ1) is 16.2. The number of carbonyl (C=O) groups excluding carboxylic acids is 1. The molecule has 8 heteroatoms. The number of aliphatic hydroxyl groups is 1. The number of nitrogens with one attached hydrogen (secondary N) is 2. The standard InChI is InChI=1S/C11H22N2O5S/c1-9(2)18-10(15)12-19(16,17)13-11(8-14)6-4-3-5-7-11/h9,13-14H,3-8H2,1-2H3,(H,12,15). The van der Waals surface area contributed by atoms with E-state index in [-0.39, 0.29) is 6.61 Å². The SMILES string of the molecule is CC(C)OC(=O)NS(=O)(=O)NC1(CO)CCCCC1. The summed E-state index contributed by atoms with van der Waals surface area (Å²) in [5, 5.41) is 9.41. The third-order valence-corrected chi connectivity index (χ3v) is 4.16. The Hall–Kier alpha value is -0.860. The minimum atomic E-state index is -4.03. The van der Waals surface area contributed by atoms with Crippen molar-refractivity contribution in [1.29, 1.82) is 0 Å². The lowest BCUT2D eigenvalue weighted by molar-refractivity contribution is 0.120. The molecule has 7 nitrogen and oxygen atoms in total. The Morgan fingerprint density at radius 3 is 2.37 bits per heavy atom. The number of amides is 1. The molecule has 0 aliphatic heterocycles. The van der Waals surface area contributed by atoms with Gasteiger partial charge in [0.2, 0.25) is 0 Å². The number of carbonyl (C=O) groups is 1. The summed E-state index contributed by atoms with van der Waals surface area (Å²) in [4.78, 5) is 11.3. The van der Waals surface area contributed by atoms with Crippen LogP contribution in [0.3, 0.4) is 0 Å². The molecule has 1 amide bonds. The summed E-state index contributed by atoms with van der Waals surface area (Å²) in [6.07, 6.45) is 2.40. The minimum Gasteiger partial charge on any atom is -0.446 e. The number of rotatable bonds is 5. The fourth-order valence-corrected chi connectivity index (χ4v) is 3.34. The van der Waals surface area contributed by atoms with Crippen LogP contribution in [0.15, 0.2) is 0 Å². The molecule has 1 saturated carbocycles. The molecular weight excluding hydrogens is 272 g/mol. The number of hydrogen-bond acceptors (Lipinski definition) is 5. The van der Waals surface area contributed by atoms with Crippen molar-refractivity contribution in [3.63, 3.8) is 0 Å². The maximum Gasteiger partial charge on any atom is 0.422 e. The molecule has 1 aliphatic carbocycles. The smallest absolute Gasteiger partial charge is 0.422 e. The highest BCUT2D eigenvalue weighted by molar-refractivity contribution is 7.88. The minimum absolute atomic E-state index is 0.285. The molecule has 1 fully saturated rings. The first-order valence-corrected chi connectivity index (χ1v) is 7.90. The molecule has 0 atom stereocenters. The van der Waals surface area contributed by atoms with Crippen LogP contribution in [0.1, 0.15) is 46.0 Å². The normalized spacial score (nSPS) is 19.2. The van der Waals surface area contributed by atoms with E-state index in [4.69, 9.17) is 4.74 Å². The van der Waals surface area contributed by atoms with Gasteiger partial charge in [-0.2, -0.15) is 13.1 Å². The Labute approximate surface area is 113 Å². The zero-order chi connectivity index (χ0) is 14.5. The Balaban J connectivity index is 2.64. The fourth-order valence-electron chi connectivity index (χ4n) is 2.18. The van der Waals surface area contributed by atoms with Crippen LogP contribution in [-0.4, -0.2) is 37.9 Å². The van der Waals surface area contributed by atoms with Crippen molar-refractivity contribution in [3.05, 3.63) is 0 Å². The number of aliphatic hydroxyl groups excluding tert-OH is 1. The molecular formula is C11H22N2O5S. The molecule has 3 N–H and O–H groups in total. The van der Waals surface area contributed by atoms with Crippen molar-refractivity contribution in [1.82, 2.24) is 9.44 Å². The van der Waals surface area contributed by atoms with E-state index in [0.717, 1.165) is 19.3 Å². The zero-order valence-corrected chi connectivity index (χ0v) is 12.1. The highest BCUT2D eigenvalue weighted by Crippen LogP contribution is 2.28. The summed E-state index contributed by atoms with van der Waals surface area (Å²) < 4.78 is 32.5. The second-order valence-corrected chi connectivity index (χ2v) is 6.58. The second-order valence-electron chi connectivity index (χ2n) is 5.16. The largest absolute Gasteiger partial charge is 0.446 e. The molecule has 0 bridgehead atoms. The number of hydrogen-bond donors (Lipinski definition) is 3. The average Bonchev–Trinajstić information content (AvgIpc) is 2.27. The van der Waals surface area contributed by atoms with E-state index in [1.807, 2.05) is 0 Å². The second kappa shape index (κ2) is 6.53. The first-order chi connectivity index (χ1) is 8.79. The van der Waals surface area contributed by atoms with E-state index < -0.39 is 27.9 Å². The molecule has 112 valence electrons. The van der Waals surface area contributed by atoms with Crippen LogP contribution in [0.2, 0.25) is 0 Å². The van der Waals surface area contributed by atoms with Gasteiger partial charge in [0.05, 0.1) is 18.2 Å². The van der Waals surface area contributed by atoms with Crippen LogP contribution >= 0.6 is 0 Å². The van der Waals surface area contributed by atoms with Gasteiger partial charge in [0.25, 0.3) is 0 Å². The van der Waals surface area contributed by atoms with E-state index >= 15 is 0 Å². The van der Waals surface area contributed by atoms with Gasteiger partial charge in [0.1, 0.15) is 0 Å². The van der Waals surface area contributed by atoms with Gasteiger partial charge >= 0.3 is 16.3 Å². The Morgan fingerprint density at radius 1 is 1.32 bits per heavy atom. The Bertz CT molecular complexity index is 401. The van der Waals surface area contributed by atoms with Crippen molar-refractivity contribution < 1.29 is 23.1 Å². The summed E-state index contributed by atoms with van der Waals surface area (Å²) >= 11 is 0. The molecule has 1 rings (SSSR count). The van der Waals surface area contributed by atoms with Gasteiger partial charge in [-0.1, -0.05) is 19.3 Å². The summed E-state index contributed by atoms with van der Waals surface area (Å²) in [6, 6.07) is 0. The predicted octanol–water partition coefficient (Wildman–Crippen LogP) is 0.651. The fraction of sp³-hybridized carbons (Fsp3) is 0.909. The van der Waals surface area contributed by atoms with E-state index in [0.29, 0.717) is 12.8 Å². The van der Waals surface area contributed by atoms with Gasteiger partial charge < -0.3 is 9.84 Å². The van der Waals surface area contributed by atoms with Gasteiger partial charge in [0.15, 0.2) is 0 Å². The Kier molecular flexibility index (Phi) is 5.57. The number of ether oxygens (including phenoxy) is 1. The lowest BCUT2D eigenvalue weighted by Gasteiger charge is -2.35. The van der Waals surface area contributed by atoms with Crippen LogP contribution in [0.4, 0.5) is 4.79 Å². The molecule has 0 aromatic heterocycles. The molecule has 0 spiro atoms. The summed E-state index contributed by atoms with van der Waals surface area (Å²) in [6.45, 7) is 2.96. The summed E-state index contributed by atoms with van der Waals surface area (Å²) in [5.41, 5.74) is -0.873. The molecule has 0 saturated heterocycles. The maximum absolute atomic E-state index is 11.8. The summed E-state index contributed by atoms with van der Waals surface area (Å²) in [7, 11) is -4.03. The van der Waals surface area contributed by atoms with E-state index in [9.17, 15) is 18.3 Å². The van der Waals surface area contributed by atoms with Crippen LogP contribution < -0.4 is 9.44 Å². The topological polar surface area (TPSA) is 105 Å². The molecule has 0 heterocycles. The molecule has 1 aliphatic rings. The molecule has 0 aromatic carbocycles. The lowest BCUT2D eigenvalue weighted by Crippen LogP contribution is -2.56. The van der Waals surface area contributed by atoms with E-state index in [1.54, 1.807) is 18.6 Å². The van der Waals surface area contributed by atoms with Crippen LogP contribution in [0.25, 0.3) is 0 Å². The van der Waals surface area contributed by atoms with Crippen molar-refractivity contribution in [2.45, 2.75) is 57.6 Å². The average molecular weight is 294 g/mol. The summed E-state index contributed by atoms with van der Waals surface area (Å²) in [5.74, 6) is 0. The van der Waals surface area contributed by atoms with Gasteiger partial charge in [-0.05, 0) is 26.7 Å². The lowest BCUT2D eigenvalue weighted by atomic mass is 9.83. The monoisotopic (exact) mass is 294 g/mol. The molecule has 19 heavy (non-hydrogen) atoms. The van der Waals surface area contributed by atoms with Gasteiger partial charge in [-0.3, -0.25) is 0 Å². The zero-order valence-electron chi connectivity index (χ0n) is 11.3. The molecule has 0 radical (unpaired) electrons. The third kappa shape index (κ3) is 5.33. The predicted molar refractivity (Wildman–Crippen MR) is 69.7 cm³/mol. The highest BCUT2D eigenvalue weighted by atomic mass is 32.2. The third-order valence-electron chi connectivity index (χ3n) is 3.02. The van der Waals surface area contributed by atoms with Crippen LogP contribution in [0, 0.1) is 0 Å². The molecule has 0 aromatic rings. The van der Waals surface area contributed by atoms with Crippen molar-refractivity contribution >= 4 is 16.3 Å². The van der Waals surface area contributed by atoms with E-state index in [2.05, 4.69) is 4.72 Å². The van der Waals surface area contributed by atoms with Gasteiger partial charge in [0, 0.05) is 0 Å². The molecule has 0 unspecified atom stereocenters. The first-order valence-electron chi connectivity index (χ1n) is 6.42. The van der Waals surface area contributed by atoms with E-state index in [1.165, 1.54) is 0 Å². The van der Waals surface area contributed by atoms with Gasteiger partial charge in [-0.25, -0.2) is 9.52 Å². The maximum atomic E-state index is 11.8. The van der Waals surface area contributed by atoms with Crippen molar-refractivity contribution in [3.8, 4) is 0 Å². The van der Waals surface area contributed by atoms with Crippen molar-refractivity contribution in [2.24, 2.45) is 0 Å². The van der Waals surface area contributed by atoms with Crippen LogP contribution in [0.5, 0.6) is 0 Å².